The molecule has 1 unspecified atom stereocenters. The molecule has 20 heavy (non-hydrogen) atoms. The topological polar surface area (TPSA) is 75.4 Å². The molecule has 104 valence electrons. The third-order valence-corrected chi connectivity index (χ3v) is 3.25. The van der Waals surface area contributed by atoms with E-state index < -0.39 is 5.91 Å². The smallest absolute Gasteiger partial charge is 0.248 e. The molecule has 0 saturated heterocycles. The van der Waals surface area contributed by atoms with Crippen LogP contribution in [0.25, 0.3) is 0 Å². The molecule has 0 bridgehead atoms. The molecular formula is C16H18N2O2. The number of aromatic hydroxyl groups is 1. The van der Waals surface area contributed by atoms with Gasteiger partial charge in [0.2, 0.25) is 5.91 Å². The van der Waals surface area contributed by atoms with Gasteiger partial charge >= 0.3 is 0 Å². The van der Waals surface area contributed by atoms with E-state index in [1.807, 2.05) is 32.0 Å². The van der Waals surface area contributed by atoms with E-state index in [0.717, 1.165) is 16.8 Å². The van der Waals surface area contributed by atoms with E-state index in [9.17, 15) is 9.90 Å². The Bertz CT molecular complexity index is 638. The predicted molar refractivity (Wildman–Crippen MR) is 79.8 cm³/mol. The van der Waals surface area contributed by atoms with Crippen LogP contribution in [0.15, 0.2) is 42.5 Å². The van der Waals surface area contributed by atoms with Crippen LogP contribution in [0.4, 0.5) is 5.69 Å². The largest absolute Gasteiger partial charge is 0.508 e. The third kappa shape index (κ3) is 3.09. The summed E-state index contributed by atoms with van der Waals surface area (Å²) in [4.78, 5) is 11.1. The van der Waals surface area contributed by atoms with Crippen molar-refractivity contribution in [3.05, 3.63) is 59.2 Å². The normalized spacial score (nSPS) is 11.9. The van der Waals surface area contributed by atoms with Crippen LogP contribution < -0.4 is 11.1 Å². The van der Waals surface area contributed by atoms with E-state index in [0.29, 0.717) is 5.56 Å². The summed E-state index contributed by atoms with van der Waals surface area (Å²) in [6.07, 6.45) is 0. The number of anilines is 1. The van der Waals surface area contributed by atoms with Crippen LogP contribution in [0.5, 0.6) is 5.75 Å². The molecular weight excluding hydrogens is 252 g/mol. The van der Waals surface area contributed by atoms with Gasteiger partial charge in [0.1, 0.15) is 5.75 Å². The number of primary amides is 1. The van der Waals surface area contributed by atoms with E-state index in [1.165, 1.54) is 0 Å². The summed E-state index contributed by atoms with van der Waals surface area (Å²) >= 11 is 0. The number of phenols is 1. The number of amides is 1. The average molecular weight is 270 g/mol. The fourth-order valence-corrected chi connectivity index (χ4v) is 2.09. The molecule has 4 heteroatoms. The highest BCUT2D eigenvalue weighted by atomic mass is 16.3. The molecule has 0 fully saturated rings. The van der Waals surface area contributed by atoms with Crippen molar-refractivity contribution in [3.63, 3.8) is 0 Å². The lowest BCUT2D eigenvalue weighted by molar-refractivity contribution is 0.1000. The SMILES string of the molecule is Cc1cc(C(N)=O)ccc1NC(C)c1cccc(O)c1. The van der Waals surface area contributed by atoms with Gasteiger partial charge in [0.15, 0.2) is 0 Å². The summed E-state index contributed by atoms with van der Waals surface area (Å²) in [6.45, 7) is 3.93. The van der Waals surface area contributed by atoms with Gasteiger partial charge in [0, 0.05) is 17.3 Å². The Morgan fingerprint density at radius 1 is 1.25 bits per heavy atom. The molecule has 2 rings (SSSR count). The monoisotopic (exact) mass is 270 g/mol. The number of hydrogen-bond acceptors (Lipinski definition) is 3. The van der Waals surface area contributed by atoms with E-state index >= 15 is 0 Å². The van der Waals surface area contributed by atoms with Crippen LogP contribution in [-0.2, 0) is 0 Å². The van der Waals surface area contributed by atoms with Crippen LogP contribution >= 0.6 is 0 Å². The van der Waals surface area contributed by atoms with Crippen LogP contribution in [0.3, 0.4) is 0 Å². The summed E-state index contributed by atoms with van der Waals surface area (Å²) < 4.78 is 0. The first-order valence-electron chi connectivity index (χ1n) is 6.43. The zero-order valence-electron chi connectivity index (χ0n) is 11.6. The Balaban J connectivity index is 2.19. The zero-order valence-corrected chi connectivity index (χ0v) is 11.6. The van der Waals surface area contributed by atoms with Gasteiger partial charge in [-0.25, -0.2) is 0 Å². The van der Waals surface area contributed by atoms with Gasteiger partial charge in [-0.3, -0.25) is 4.79 Å². The number of carbonyl (C=O) groups excluding carboxylic acids is 1. The molecule has 0 aliphatic carbocycles. The fraction of sp³-hybridized carbons (Fsp3) is 0.188. The quantitative estimate of drug-likeness (QED) is 0.799. The van der Waals surface area contributed by atoms with E-state index in [4.69, 9.17) is 5.73 Å². The fourth-order valence-electron chi connectivity index (χ4n) is 2.09. The Morgan fingerprint density at radius 3 is 2.60 bits per heavy atom. The summed E-state index contributed by atoms with van der Waals surface area (Å²) in [5.41, 5.74) is 8.63. The number of rotatable bonds is 4. The highest BCUT2D eigenvalue weighted by Gasteiger charge is 2.09. The highest BCUT2D eigenvalue weighted by molar-refractivity contribution is 5.93. The number of benzene rings is 2. The number of hydrogen-bond donors (Lipinski definition) is 3. The van der Waals surface area contributed by atoms with Gasteiger partial charge < -0.3 is 16.2 Å². The molecule has 0 heterocycles. The molecule has 0 radical (unpaired) electrons. The lowest BCUT2D eigenvalue weighted by atomic mass is 10.1. The molecule has 4 N–H and O–H groups in total. The number of aryl methyl sites for hydroxylation is 1. The van der Waals surface area contributed by atoms with Crippen LogP contribution in [0.1, 0.15) is 34.5 Å². The molecule has 1 amide bonds. The Hall–Kier alpha value is -2.49. The van der Waals surface area contributed by atoms with Gasteiger partial charge in [0.25, 0.3) is 0 Å². The third-order valence-electron chi connectivity index (χ3n) is 3.25. The first-order chi connectivity index (χ1) is 9.47. The second-order valence-corrected chi connectivity index (χ2v) is 4.85. The Morgan fingerprint density at radius 2 is 2.00 bits per heavy atom. The minimum absolute atomic E-state index is 0.0419. The summed E-state index contributed by atoms with van der Waals surface area (Å²) in [5.74, 6) is -0.183. The second kappa shape index (κ2) is 5.65. The number of phenolic OH excluding ortho intramolecular Hbond substituents is 1. The van der Waals surface area contributed by atoms with Gasteiger partial charge in [-0.05, 0) is 55.3 Å². The number of carbonyl (C=O) groups is 1. The van der Waals surface area contributed by atoms with Crippen LogP contribution in [0.2, 0.25) is 0 Å². The predicted octanol–water partition coefficient (Wildman–Crippen LogP) is 2.97. The van der Waals surface area contributed by atoms with Crippen molar-refractivity contribution in [2.75, 3.05) is 5.32 Å². The standard InChI is InChI=1S/C16H18N2O2/c1-10-8-13(16(17)20)6-7-15(10)18-11(2)12-4-3-5-14(19)9-12/h3-9,11,18-19H,1-2H3,(H2,17,20). The van der Waals surface area contributed by atoms with Crippen LogP contribution in [0, 0.1) is 6.92 Å². The minimum Gasteiger partial charge on any atom is -0.508 e. The molecule has 2 aromatic rings. The lowest BCUT2D eigenvalue weighted by Gasteiger charge is -2.18. The molecule has 0 aromatic heterocycles. The average Bonchev–Trinajstić information content (AvgIpc) is 2.40. The van der Waals surface area contributed by atoms with Crippen molar-refractivity contribution < 1.29 is 9.90 Å². The van der Waals surface area contributed by atoms with Crippen molar-refractivity contribution in [2.45, 2.75) is 19.9 Å². The van der Waals surface area contributed by atoms with Gasteiger partial charge in [0.05, 0.1) is 0 Å². The van der Waals surface area contributed by atoms with Crippen molar-refractivity contribution in [2.24, 2.45) is 5.73 Å². The maximum absolute atomic E-state index is 11.1. The lowest BCUT2D eigenvalue weighted by Crippen LogP contribution is -2.12. The van der Waals surface area contributed by atoms with E-state index in [2.05, 4.69) is 5.32 Å². The second-order valence-electron chi connectivity index (χ2n) is 4.85. The Labute approximate surface area is 118 Å². The van der Waals surface area contributed by atoms with E-state index in [-0.39, 0.29) is 11.8 Å². The van der Waals surface area contributed by atoms with Crippen molar-refractivity contribution in [1.82, 2.24) is 0 Å². The highest BCUT2D eigenvalue weighted by Crippen LogP contribution is 2.24. The van der Waals surface area contributed by atoms with Crippen molar-refractivity contribution in [3.8, 4) is 5.75 Å². The summed E-state index contributed by atoms with van der Waals surface area (Å²) in [6, 6.07) is 12.5. The van der Waals surface area contributed by atoms with Gasteiger partial charge in [-0.2, -0.15) is 0 Å². The van der Waals surface area contributed by atoms with E-state index in [1.54, 1.807) is 24.3 Å². The molecule has 4 nitrogen and oxygen atoms in total. The van der Waals surface area contributed by atoms with Crippen molar-refractivity contribution in [1.29, 1.82) is 0 Å². The summed E-state index contributed by atoms with van der Waals surface area (Å²) in [7, 11) is 0. The van der Waals surface area contributed by atoms with Crippen molar-refractivity contribution >= 4 is 11.6 Å². The maximum atomic E-state index is 11.1. The summed E-state index contributed by atoms with van der Waals surface area (Å²) in [5, 5.41) is 12.9. The van der Waals surface area contributed by atoms with Gasteiger partial charge in [-0.1, -0.05) is 12.1 Å². The zero-order chi connectivity index (χ0) is 14.7. The molecule has 0 spiro atoms. The van der Waals surface area contributed by atoms with Gasteiger partial charge in [-0.15, -0.1) is 0 Å². The number of nitrogens with one attached hydrogen (secondary N) is 1. The number of nitrogens with two attached hydrogens (primary N) is 1. The molecule has 2 aromatic carbocycles. The Kier molecular flexibility index (Phi) is 3.94. The van der Waals surface area contributed by atoms with Crippen LogP contribution in [-0.4, -0.2) is 11.0 Å². The minimum atomic E-state index is -0.430. The first kappa shape index (κ1) is 13.9. The first-order valence-corrected chi connectivity index (χ1v) is 6.43. The molecule has 0 saturated carbocycles. The molecule has 0 aliphatic rings. The molecule has 1 atom stereocenters. The molecule has 0 aliphatic heterocycles. The maximum Gasteiger partial charge on any atom is 0.248 e.